The standard InChI is InChI=1S/C17H22Br2O2/c1-17(6-3-2-4-7-17)16(19)12-10-14-15(11-13(12)18)21-9-5-8-20-14/h10-11,16H,2-9H2,1H3. The predicted molar refractivity (Wildman–Crippen MR) is 92.6 cm³/mol. The van der Waals surface area contributed by atoms with E-state index in [2.05, 4.69) is 50.9 Å². The molecule has 1 unspecified atom stereocenters. The van der Waals surface area contributed by atoms with Crippen molar-refractivity contribution < 1.29 is 9.47 Å². The lowest BCUT2D eigenvalue weighted by molar-refractivity contribution is 0.212. The van der Waals surface area contributed by atoms with Crippen LogP contribution in [0.1, 0.15) is 55.8 Å². The van der Waals surface area contributed by atoms with Gasteiger partial charge in [0.05, 0.1) is 13.2 Å². The van der Waals surface area contributed by atoms with Gasteiger partial charge in [-0.05, 0) is 36.0 Å². The van der Waals surface area contributed by atoms with Crippen LogP contribution in [0, 0.1) is 5.41 Å². The van der Waals surface area contributed by atoms with Crippen LogP contribution in [-0.4, -0.2) is 13.2 Å². The van der Waals surface area contributed by atoms with Gasteiger partial charge in [-0.15, -0.1) is 0 Å². The van der Waals surface area contributed by atoms with E-state index in [1.807, 2.05) is 0 Å². The highest BCUT2D eigenvalue weighted by molar-refractivity contribution is 9.11. The molecule has 3 rings (SSSR count). The van der Waals surface area contributed by atoms with E-state index >= 15 is 0 Å². The van der Waals surface area contributed by atoms with Crippen LogP contribution in [0.5, 0.6) is 11.5 Å². The summed E-state index contributed by atoms with van der Waals surface area (Å²) in [6.45, 7) is 3.87. The van der Waals surface area contributed by atoms with Crippen molar-refractivity contribution in [3.05, 3.63) is 22.2 Å². The van der Waals surface area contributed by atoms with Crippen LogP contribution in [0.15, 0.2) is 16.6 Å². The molecule has 1 aliphatic carbocycles. The molecule has 0 spiro atoms. The fourth-order valence-electron chi connectivity index (χ4n) is 3.38. The molecule has 0 amide bonds. The van der Waals surface area contributed by atoms with E-state index in [0.29, 0.717) is 10.2 Å². The maximum absolute atomic E-state index is 5.85. The summed E-state index contributed by atoms with van der Waals surface area (Å²) in [5.41, 5.74) is 1.60. The fraction of sp³-hybridized carbons (Fsp3) is 0.647. The summed E-state index contributed by atoms with van der Waals surface area (Å²) in [7, 11) is 0. The lowest BCUT2D eigenvalue weighted by atomic mass is 9.72. The Morgan fingerprint density at radius 1 is 1.00 bits per heavy atom. The number of alkyl halides is 1. The summed E-state index contributed by atoms with van der Waals surface area (Å²) in [5.74, 6) is 1.74. The molecule has 1 heterocycles. The fourth-order valence-corrected chi connectivity index (χ4v) is 5.08. The van der Waals surface area contributed by atoms with Gasteiger partial charge in [-0.2, -0.15) is 0 Å². The Morgan fingerprint density at radius 2 is 1.62 bits per heavy atom. The van der Waals surface area contributed by atoms with Crippen LogP contribution in [0.3, 0.4) is 0 Å². The molecule has 0 bridgehead atoms. The Hall–Kier alpha value is -0.220. The molecule has 0 aromatic heterocycles. The van der Waals surface area contributed by atoms with E-state index in [-0.39, 0.29) is 0 Å². The van der Waals surface area contributed by atoms with Crippen molar-refractivity contribution in [1.29, 1.82) is 0 Å². The molecular formula is C17H22Br2O2. The van der Waals surface area contributed by atoms with E-state index in [0.717, 1.165) is 35.6 Å². The number of rotatable bonds is 2. The maximum Gasteiger partial charge on any atom is 0.162 e. The van der Waals surface area contributed by atoms with Crippen molar-refractivity contribution in [2.75, 3.05) is 13.2 Å². The molecule has 1 aromatic carbocycles. The molecule has 1 saturated carbocycles. The Labute approximate surface area is 143 Å². The normalized spacial score (nSPS) is 22.4. The van der Waals surface area contributed by atoms with E-state index < -0.39 is 0 Å². The van der Waals surface area contributed by atoms with Crippen molar-refractivity contribution in [3.63, 3.8) is 0 Å². The molecule has 1 aromatic rings. The van der Waals surface area contributed by atoms with Crippen LogP contribution in [-0.2, 0) is 0 Å². The third-order valence-corrected chi connectivity index (χ3v) is 7.03. The lowest BCUT2D eigenvalue weighted by Crippen LogP contribution is -2.25. The molecule has 4 heteroatoms. The van der Waals surface area contributed by atoms with Gasteiger partial charge in [0.15, 0.2) is 11.5 Å². The smallest absolute Gasteiger partial charge is 0.162 e. The highest BCUT2D eigenvalue weighted by Gasteiger charge is 2.36. The Bertz CT molecular complexity index is 510. The number of halogens is 2. The second-order valence-electron chi connectivity index (χ2n) is 6.45. The Kier molecular flexibility index (Phi) is 4.84. The van der Waals surface area contributed by atoms with E-state index in [1.165, 1.54) is 37.7 Å². The summed E-state index contributed by atoms with van der Waals surface area (Å²) >= 11 is 7.70. The zero-order valence-corrected chi connectivity index (χ0v) is 15.6. The molecule has 1 aliphatic heterocycles. The Morgan fingerprint density at radius 3 is 2.29 bits per heavy atom. The maximum atomic E-state index is 5.85. The third kappa shape index (κ3) is 3.26. The van der Waals surface area contributed by atoms with Gasteiger partial charge in [-0.3, -0.25) is 0 Å². The second-order valence-corrected chi connectivity index (χ2v) is 8.22. The molecular weight excluding hydrogens is 396 g/mol. The highest BCUT2D eigenvalue weighted by Crippen LogP contribution is 2.53. The molecule has 0 radical (unpaired) electrons. The second kappa shape index (κ2) is 6.49. The molecule has 1 fully saturated rings. The topological polar surface area (TPSA) is 18.5 Å². The molecule has 2 nitrogen and oxygen atoms in total. The first kappa shape index (κ1) is 15.7. The first-order valence-corrected chi connectivity index (χ1v) is 9.54. The minimum Gasteiger partial charge on any atom is -0.490 e. The highest BCUT2D eigenvalue weighted by atomic mass is 79.9. The summed E-state index contributed by atoms with van der Waals surface area (Å²) in [6, 6.07) is 4.22. The van der Waals surface area contributed by atoms with Gasteiger partial charge < -0.3 is 9.47 Å². The van der Waals surface area contributed by atoms with Gasteiger partial charge in [0.2, 0.25) is 0 Å². The van der Waals surface area contributed by atoms with Gasteiger partial charge in [-0.25, -0.2) is 0 Å². The summed E-state index contributed by atoms with van der Waals surface area (Å²) in [6.07, 6.45) is 7.55. The first-order valence-electron chi connectivity index (χ1n) is 7.83. The molecule has 116 valence electrons. The predicted octanol–water partition coefficient (Wildman–Crippen LogP) is 6.02. The van der Waals surface area contributed by atoms with Gasteiger partial charge in [0.25, 0.3) is 0 Å². The first-order chi connectivity index (χ1) is 10.1. The number of ether oxygens (including phenoxy) is 2. The van der Waals surface area contributed by atoms with Crippen LogP contribution >= 0.6 is 31.9 Å². The van der Waals surface area contributed by atoms with Crippen molar-refractivity contribution in [1.82, 2.24) is 0 Å². The van der Waals surface area contributed by atoms with Crippen molar-refractivity contribution in [2.24, 2.45) is 5.41 Å². The largest absolute Gasteiger partial charge is 0.490 e. The number of hydrogen-bond donors (Lipinski definition) is 0. The quantitative estimate of drug-likeness (QED) is 0.548. The van der Waals surface area contributed by atoms with Crippen molar-refractivity contribution in [2.45, 2.75) is 50.3 Å². The summed E-state index contributed by atoms with van der Waals surface area (Å²) < 4.78 is 12.7. The average molecular weight is 418 g/mol. The SMILES string of the molecule is CC1(C(Br)c2cc3c(cc2Br)OCCCO3)CCCCC1. The number of hydrogen-bond acceptors (Lipinski definition) is 2. The third-order valence-electron chi connectivity index (χ3n) is 4.75. The molecule has 2 aliphatic rings. The van der Waals surface area contributed by atoms with E-state index in [9.17, 15) is 0 Å². The minimum absolute atomic E-state index is 0.320. The van der Waals surface area contributed by atoms with Gasteiger partial charge in [0, 0.05) is 15.7 Å². The van der Waals surface area contributed by atoms with Crippen molar-refractivity contribution >= 4 is 31.9 Å². The van der Waals surface area contributed by atoms with Crippen LogP contribution in [0.2, 0.25) is 0 Å². The minimum atomic E-state index is 0.320. The lowest BCUT2D eigenvalue weighted by Gasteiger charge is -2.38. The molecule has 0 N–H and O–H groups in total. The summed E-state index contributed by atoms with van der Waals surface area (Å²) in [4.78, 5) is 0.344. The van der Waals surface area contributed by atoms with Gasteiger partial charge in [0.1, 0.15) is 0 Å². The Balaban J connectivity index is 1.92. The average Bonchev–Trinajstić information content (AvgIpc) is 2.71. The summed E-state index contributed by atoms with van der Waals surface area (Å²) in [5, 5.41) is 0. The van der Waals surface area contributed by atoms with E-state index in [1.54, 1.807) is 0 Å². The number of fused-ring (bicyclic) bond motifs is 1. The van der Waals surface area contributed by atoms with E-state index in [4.69, 9.17) is 9.47 Å². The van der Waals surface area contributed by atoms with Crippen LogP contribution in [0.25, 0.3) is 0 Å². The number of benzene rings is 1. The van der Waals surface area contributed by atoms with Crippen LogP contribution < -0.4 is 9.47 Å². The van der Waals surface area contributed by atoms with Crippen LogP contribution in [0.4, 0.5) is 0 Å². The zero-order valence-electron chi connectivity index (χ0n) is 12.5. The van der Waals surface area contributed by atoms with Gasteiger partial charge in [-0.1, -0.05) is 58.0 Å². The zero-order chi connectivity index (χ0) is 14.9. The molecule has 0 saturated heterocycles. The monoisotopic (exact) mass is 416 g/mol. The molecule has 1 atom stereocenters. The van der Waals surface area contributed by atoms with Gasteiger partial charge >= 0.3 is 0 Å². The molecule has 21 heavy (non-hydrogen) atoms. The van der Waals surface area contributed by atoms with Crippen molar-refractivity contribution in [3.8, 4) is 11.5 Å².